The highest BCUT2D eigenvalue weighted by molar-refractivity contribution is 7.99. The van der Waals surface area contributed by atoms with Gasteiger partial charge in [0.2, 0.25) is 5.91 Å². The van der Waals surface area contributed by atoms with Crippen molar-refractivity contribution in [3.63, 3.8) is 0 Å². The second-order valence-corrected chi connectivity index (χ2v) is 7.59. The number of halogens is 1. The summed E-state index contributed by atoms with van der Waals surface area (Å²) in [5, 5.41) is 8.30. The maximum absolute atomic E-state index is 12.4. The molecule has 3 rings (SSSR count). The Balaban J connectivity index is 1.56. The topological polar surface area (TPSA) is 75.0 Å². The van der Waals surface area contributed by atoms with Crippen LogP contribution in [-0.2, 0) is 11.3 Å². The van der Waals surface area contributed by atoms with Crippen LogP contribution in [0.2, 0.25) is 4.34 Å². The number of aromatic amines is 1. The third kappa shape index (κ3) is 4.19. The van der Waals surface area contributed by atoms with Gasteiger partial charge in [0.05, 0.1) is 16.6 Å². The summed E-state index contributed by atoms with van der Waals surface area (Å²) in [6.45, 7) is 3.14. The van der Waals surface area contributed by atoms with Crippen LogP contribution >= 0.6 is 34.7 Å². The SMILES string of the molecule is CCN(Cc1ccc(Cl)s1)C(=O)CSc1nnc(-c2ccc[nH]2)o1. The molecule has 0 aliphatic rings. The molecule has 9 heteroatoms. The molecule has 3 aromatic rings. The van der Waals surface area contributed by atoms with Crippen LogP contribution in [0, 0.1) is 0 Å². The molecule has 0 saturated carbocycles. The van der Waals surface area contributed by atoms with E-state index in [0.29, 0.717) is 24.2 Å². The van der Waals surface area contributed by atoms with Crippen molar-refractivity contribution in [1.29, 1.82) is 0 Å². The minimum atomic E-state index is 0.0200. The van der Waals surface area contributed by atoms with Crippen molar-refractivity contribution in [3.05, 3.63) is 39.7 Å². The van der Waals surface area contributed by atoms with Crippen LogP contribution in [0.15, 0.2) is 40.1 Å². The summed E-state index contributed by atoms with van der Waals surface area (Å²) >= 11 is 8.66. The fraction of sp³-hybridized carbons (Fsp3) is 0.267. The van der Waals surface area contributed by atoms with Crippen LogP contribution in [-0.4, -0.2) is 38.3 Å². The highest BCUT2D eigenvalue weighted by atomic mass is 35.5. The first-order valence-corrected chi connectivity index (χ1v) is 9.45. The second-order valence-electron chi connectivity index (χ2n) is 4.86. The Labute approximate surface area is 152 Å². The van der Waals surface area contributed by atoms with E-state index in [-0.39, 0.29) is 11.7 Å². The van der Waals surface area contributed by atoms with Gasteiger partial charge in [0.1, 0.15) is 5.69 Å². The average molecular weight is 383 g/mol. The van der Waals surface area contributed by atoms with Gasteiger partial charge < -0.3 is 14.3 Å². The van der Waals surface area contributed by atoms with Crippen molar-refractivity contribution in [2.24, 2.45) is 0 Å². The molecule has 0 aromatic carbocycles. The fourth-order valence-electron chi connectivity index (χ4n) is 2.06. The molecule has 1 amide bonds. The number of nitrogens with one attached hydrogen (secondary N) is 1. The summed E-state index contributed by atoms with van der Waals surface area (Å²) in [5.74, 6) is 0.682. The predicted octanol–water partition coefficient (Wildman–Crippen LogP) is 3.92. The lowest BCUT2D eigenvalue weighted by atomic mass is 10.4. The summed E-state index contributed by atoms with van der Waals surface area (Å²) in [5.41, 5.74) is 0.755. The predicted molar refractivity (Wildman–Crippen MR) is 95.2 cm³/mol. The van der Waals surface area contributed by atoms with Gasteiger partial charge in [-0.3, -0.25) is 4.79 Å². The zero-order chi connectivity index (χ0) is 16.9. The molecule has 3 aromatic heterocycles. The van der Waals surface area contributed by atoms with E-state index < -0.39 is 0 Å². The Morgan fingerprint density at radius 1 is 1.42 bits per heavy atom. The van der Waals surface area contributed by atoms with Crippen LogP contribution in [0.25, 0.3) is 11.6 Å². The standard InChI is InChI=1S/C15H15ClN4O2S2/c1-2-20(8-10-5-6-12(16)24-10)13(21)9-23-15-19-18-14(22-15)11-4-3-7-17-11/h3-7,17H,2,8-9H2,1H3. The number of carbonyl (C=O) groups is 1. The molecule has 3 heterocycles. The summed E-state index contributed by atoms with van der Waals surface area (Å²) in [4.78, 5) is 18.2. The Bertz CT molecular complexity index is 800. The van der Waals surface area contributed by atoms with Gasteiger partial charge in [0.25, 0.3) is 11.1 Å². The summed E-state index contributed by atoms with van der Waals surface area (Å²) < 4.78 is 6.26. The third-order valence-electron chi connectivity index (χ3n) is 3.26. The number of rotatable bonds is 7. The summed E-state index contributed by atoms with van der Waals surface area (Å²) in [6, 6.07) is 7.48. The Morgan fingerprint density at radius 3 is 2.96 bits per heavy atom. The zero-order valence-corrected chi connectivity index (χ0v) is 15.2. The Morgan fingerprint density at radius 2 is 2.29 bits per heavy atom. The molecule has 0 aliphatic heterocycles. The molecular weight excluding hydrogens is 368 g/mol. The average Bonchev–Trinajstić information content (AvgIpc) is 3.31. The number of amides is 1. The van der Waals surface area contributed by atoms with Gasteiger partial charge in [-0.2, -0.15) is 0 Å². The number of hydrogen-bond donors (Lipinski definition) is 1. The summed E-state index contributed by atoms with van der Waals surface area (Å²) in [7, 11) is 0. The van der Waals surface area contributed by atoms with E-state index in [2.05, 4.69) is 15.2 Å². The molecule has 0 radical (unpaired) electrons. The first-order valence-electron chi connectivity index (χ1n) is 7.27. The quantitative estimate of drug-likeness (QED) is 0.627. The van der Waals surface area contributed by atoms with Gasteiger partial charge in [-0.15, -0.1) is 21.5 Å². The lowest BCUT2D eigenvalue weighted by molar-refractivity contribution is -0.128. The summed E-state index contributed by atoms with van der Waals surface area (Å²) in [6.07, 6.45) is 1.78. The fourth-order valence-corrected chi connectivity index (χ4v) is 3.83. The molecule has 0 saturated heterocycles. The highest BCUT2D eigenvalue weighted by Gasteiger charge is 2.16. The number of aromatic nitrogens is 3. The van der Waals surface area contributed by atoms with E-state index in [4.69, 9.17) is 16.0 Å². The van der Waals surface area contributed by atoms with Gasteiger partial charge in [0, 0.05) is 17.6 Å². The van der Waals surface area contributed by atoms with Gasteiger partial charge in [-0.05, 0) is 31.2 Å². The van der Waals surface area contributed by atoms with Crippen LogP contribution in [0.5, 0.6) is 0 Å². The van der Waals surface area contributed by atoms with Gasteiger partial charge in [-0.25, -0.2) is 0 Å². The molecule has 6 nitrogen and oxygen atoms in total. The van der Waals surface area contributed by atoms with E-state index in [0.717, 1.165) is 14.9 Å². The van der Waals surface area contributed by atoms with Crippen molar-refractivity contribution >= 4 is 40.6 Å². The first kappa shape index (κ1) is 17.1. The van der Waals surface area contributed by atoms with E-state index >= 15 is 0 Å². The molecule has 0 unspecified atom stereocenters. The number of thiophene rings is 1. The van der Waals surface area contributed by atoms with Gasteiger partial charge in [-0.1, -0.05) is 23.4 Å². The Hall–Kier alpha value is -1.77. The van der Waals surface area contributed by atoms with Gasteiger partial charge >= 0.3 is 0 Å². The number of carbonyl (C=O) groups excluding carboxylic acids is 1. The van der Waals surface area contributed by atoms with Crippen molar-refractivity contribution in [3.8, 4) is 11.6 Å². The molecular formula is C15H15ClN4O2S2. The number of hydrogen-bond acceptors (Lipinski definition) is 6. The Kier molecular flexibility index (Phi) is 5.60. The van der Waals surface area contributed by atoms with E-state index in [1.54, 1.807) is 11.1 Å². The van der Waals surface area contributed by atoms with Crippen molar-refractivity contribution < 1.29 is 9.21 Å². The second kappa shape index (κ2) is 7.87. The molecule has 0 fully saturated rings. The molecule has 0 bridgehead atoms. The molecule has 24 heavy (non-hydrogen) atoms. The van der Waals surface area contributed by atoms with Crippen molar-refractivity contribution in [1.82, 2.24) is 20.1 Å². The minimum Gasteiger partial charge on any atom is -0.410 e. The van der Waals surface area contributed by atoms with Crippen LogP contribution in [0.4, 0.5) is 0 Å². The van der Waals surface area contributed by atoms with Crippen LogP contribution < -0.4 is 0 Å². The maximum Gasteiger partial charge on any atom is 0.277 e. The van der Waals surface area contributed by atoms with Gasteiger partial charge in [0.15, 0.2) is 0 Å². The minimum absolute atomic E-state index is 0.0200. The lowest BCUT2D eigenvalue weighted by Crippen LogP contribution is -2.31. The molecule has 126 valence electrons. The van der Waals surface area contributed by atoms with Crippen LogP contribution in [0.1, 0.15) is 11.8 Å². The van der Waals surface area contributed by atoms with Crippen molar-refractivity contribution in [2.45, 2.75) is 18.7 Å². The maximum atomic E-state index is 12.4. The normalized spacial score (nSPS) is 10.9. The van der Waals surface area contributed by atoms with E-state index in [1.165, 1.54) is 23.1 Å². The van der Waals surface area contributed by atoms with E-state index in [1.807, 2.05) is 31.2 Å². The number of nitrogens with zero attached hydrogens (tertiary/aromatic N) is 3. The number of thioether (sulfide) groups is 1. The smallest absolute Gasteiger partial charge is 0.277 e. The lowest BCUT2D eigenvalue weighted by Gasteiger charge is -2.19. The molecule has 0 aliphatic carbocycles. The highest BCUT2D eigenvalue weighted by Crippen LogP contribution is 2.24. The van der Waals surface area contributed by atoms with E-state index in [9.17, 15) is 4.79 Å². The monoisotopic (exact) mass is 382 g/mol. The van der Waals surface area contributed by atoms with Crippen molar-refractivity contribution in [2.75, 3.05) is 12.3 Å². The molecule has 1 N–H and O–H groups in total. The van der Waals surface area contributed by atoms with Crippen LogP contribution in [0.3, 0.4) is 0 Å². The first-order chi connectivity index (χ1) is 11.7. The third-order valence-corrected chi connectivity index (χ3v) is 5.28. The molecule has 0 spiro atoms. The molecule has 0 atom stereocenters. The number of H-pyrrole nitrogens is 1. The zero-order valence-electron chi connectivity index (χ0n) is 12.9. The largest absolute Gasteiger partial charge is 0.410 e.